The van der Waals surface area contributed by atoms with Crippen LogP contribution in [0, 0.1) is 5.82 Å². The van der Waals surface area contributed by atoms with Crippen molar-refractivity contribution in [3.8, 4) is 11.5 Å². The summed E-state index contributed by atoms with van der Waals surface area (Å²) in [4.78, 5) is 0. The Bertz CT molecular complexity index is 768. The van der Waals surface area contributed by atoms with E-state index in [1.54, 1.807) is 18.3 Å². The summed E-state index contributed by atoms with van der Waals surface area (Å²) in [5.74, 6) is 1.05. The van der Waals surface area contributed by atoms with Crippen molar-refractivity contribution in [3.63, 3.8) is 0 Å². The van der Waals surface area contributed by atoms with E-state index in [1.807, 2.05) is 12.1 Å². The van der Waals surface area contributed by atoms with Crippen LogP contribution in [-0.4, -0.2) is 18.1 Å². The van der Waals surface area contributed by atoms with Gasteiger partial charge in [0.2, 0.25) is 6.79 Å². The second kappa shape index (κ2) is 6.93. The van der Waals surface area contributed by atoms with Crippen molar-refractivity contribution in [2.24, 2.45) is 5.10 Å². The molecule has 0 amide bonds. The molecule has 3 rings (SSSR count). The number of benzene rings is 2. The second-order valence-electron chi connectivity index (χ2n) is 4.56. The average Bonchev–Trinajstić information content (AvgIpc) is 2.97. The van der Waals surface area contributed by atoms with E-state index in [0.717, 1.165) is 10.0 Å². The van der Waals surface area contributed by atoms with Gasteiger partial charge in [0.15, 0.2) is 16.6 Å². The van der Waals surface area contributed by atoms with Crippen LogP contribution in [0.1, 0.15) is 5.56 Å². The van der Waals surface area contributed by atoms with Gasteiger partial charge in [-0.2, -0.15) is 5.10 Å². The van der Waals surface area contributed by atoms with Crippen molar-refractivity contribution in [2.75, 3.05) is 12.1 Å². The molecule has 2 aromatic rings. The number of thiocarbonyl (C=S) groups is 1. The molecule has 0 fully saturated rings. The highest BCUT2D eigenvalue weighted by Gasteiger charge is 2.15. The van der Waals surface area contributed by atoms with E-state index >= 15 is 0 Å². The highest BCUT2D eigenvalue weighted by atomic mass is 79.9. The molecule has 1 aliphatic rings. The molecule has 2 N–H and O–H groups in total. The molecular formula is C15H11BrFN3O2S. The maximum Gasteiger partial charge on any atom is 0.231 e. The zero-order valence-corrected chi connectivity index (χ0v) is 14.1. The Kier molecular flexibility index (Phi) is 4.73. The molecule has 0 unspecified atom stereocenters. The van der Waals surface area contributed by atoms with Gasteiger partial charge in [-0.25, -0.2) is 4.39 Å². The minimum Gasteiger partial charge on any atom is -0.454 e. The largest absolute Gasteiger partial charge is 0.454 e. The third kappa shape index (κ3) is 3.96. The van der Waals surface area contributed by atoms with Gasteiger partial charge in [0.05, 0.1) is 6.21 Å². The lowest BCUT2D eigenvalue weighted by atomic mass is 10.2. The lowest BCUT2D eigenvalue weighted by Crippen LogP contribution is -2.23. The fourth-order valence-corrected chi connectivity index (χ4v) is 2.48. The van der Waals surface area contributed by atoms with Crippen molar-refractivity contribution in [2.45, 2.75) is 0 Å². The van der Waals surface area contributed by atoms with Crippen LogP contribution in [0.4, 0.5) is 10.1 Å². The van der Waals surface area contributed by atoms with Crippen LogP contribution in [0.3, 0.4) is 0 Å². The molecular weight excluding hydrogens is 385 g/mol. The summed E-state index contributed by atoms with van der Waals surface area (Å²) in [5.41, 5.74) is 4.17. The SMILES string of the molecule is Fc1ccc(NC(=S)N/N=C\c2cc3c(cc2Br)OCO3)cc1. The highest BCUT2D eigenvalue weighted by Crippen LogP contribution is 2.36. The molecule has 0 atom stereocenters. The first kappa shape index (κ1) is 15.7. The molecule has 0 aromatic heterocycles. The molecule has 0 aliphatic carbocycles. The van der Waals surface area contributed by atoms with Gasteiger partial charge in [-0.05, 0) is 64.5 Å². The van der Waals surface area contributed by atoms with Crippen LogP contribution in [0.2, 0.25) is 0 Å². The molecule has 8 heteroatoms. The van der Waals surface area contributed by atoms with Crippen molar-refractivity contribution in [1.82, 2.24) is 5.43 Å². The van der Waals surface area contributed by atoms with Crippen LogP contribution in [0.25, 0.3) is 0 Å². The molecule has 5 nitrogen and oxygen atoms in total. The van der Waals surface area contributed by atoms with Gasteiger partial charge in [0, 0.05) is 15.7 Å². The number of rotatable bonds is 3. The molecule has 1 aliphatic heterocycles. The number of anilines is 1. The van der Waals surface area contributed by atoms with E-state index in [0.29, 0.717) is 22.3 Å². The lowest BCUT2D eigenvalue weighted by molar-refractivity contribution is 0.174. The van der Waals surface area contributed by atoms with Crippen LogP contribution >= 0.6 is 28.1 Å². The molecule has 0 radical (unpaired) electrons. The minimum absolute atomic E-state index is 0.215. The number of ether oxygens (including phenoxy) is 2. The van der Waals surface area contributed by atoms with E-state index in [-0.39, 0.29) is 12.6 Å². The summed E-state index contributed by atoms with van der Waals surface area (Å²) in [6.07, 6.45) is 1.60. The Labute approximate surface area is 145 Å². The van der Waals surface area contributed by atoms with E-state index in [2.05, 4.69) is 31.8 Å². The molecule has 0 saturated heterocycles. The van der Waals surface area contributed by atoms with Crippen LogP contribution in [0.5, 0.6) is 11.5 Å². The maximum absolute atomic E-state index is 12.8. The number of nitrogens with zero attached hydrogens (tertiary/aromatic N) is 1. The smallest absolute Gasteiger partial charge is 0.231 e. The van der Waals surface area contributed by atoms with Crippen molar-refractivity contribution in [1.29, 1.82) is 0 Å². The fraction of sp³-hybridized carbons (Fsp3) is 0.0667. The number of nitrogens with one attached hydrogen (secondary N) is 2. The molecule has 118 valence electrons. The summed E-state index contributed by atoms with van der Waals surface area (Å²) in [5, 5.41) is 7.25. The van der Waals surface area contributed by atoms with Crippen molar-refractivity contribution >= 4 is 45.2 Å². The van der Waals surface area contributed by atoms with Crippen LogP contribution in [0.15, 0.2) is 46.0 Å². The number of hydrazone groups is 1. The molecule has 23 heavy (non-hydrogen) atoms. The number of hydrogen-bond donors (Lipinski definition) is 2. The summed E-state index contributed by atoms with van der Waals surface area (Å²) in [7, 11) is 0. The number of hydrogen-bond acceptors (Lipinski definition) is 4. The summed E-state index contributed by atoms with van der Waals surface area (Å²) < 4.78 is 24.2. The fourth-order valence-electron chi connectivity index (χ4n) is 1.88. The summed E-state index contributed by atoms with van der Waals surface area (Å²) in [6.45, 7) is 0.215. The number of halogens is 2. The van der Waals surface area contributed by atoms with Crippen molar-refractivity contribution in [3.05, 3.63) is 52.3 Å². The monoisotopic (exact) mass is 395 g/mol. The van der Waals surface area contributed by atoms with E-state index < -0.39 is 0 Å². The minimum atomic E-state index is -0.305. The van der Waals surface area contributed by atoms with Gasteiger partial charge < -0.3 is 14.8 Å². The number of fused-ring (bicyclic) bond motifs is 1. The predicted molar refractivity (Wildman–Crippen MR) is 93.6 cm³/mol. The molecule has 1 heterocycles. The highest BCUT2D eigenvalue weighted by molar-refractivity contribution is 9.10. The van der Waals surface area contributed by atoms with Crippen LogP contribution < -0.4 is 20.2 Å². The Morgan fingerprint density at radius 2 is 1.91 bits per heavy atom. The van der Waals surface area contributed by atoms with E-state index in [4.69, 9.17) is 21.7 Å². The quantitative estimate of drug-likeness (QED) is 0.472. The van der Waals surface area contributed by atoms with Gasteiger partial charge >= 0.3 is 0 Å². The molecule has 2 aromatic carbocycles. The topological polar surface area (TPSA) is 54.9 Å². The van der Waals surface area contributed by atoms with Gasteiger partial charge in [0.1, 0.15) is 5.82 Å². The second-order valence-corrected chi connectivity index (χ2v) is 5.82. The van der Waals surface area contributed by atoms with Crippen LogP contribution in [-0.2, 0) is 0 Å². The Balaban J connectivity index is 1.60. The van der Waals surface area contributed by atoms with E-state index in [9.17, 15) is 4.39 Å². The lowest BCUT2D eigenvalue weighted by Gasteiger charge is -2.07. The first-order valence-electron chi connectivity index (χ1n) is 6.56. The van der Waals surface area contributed by atoms with Gasteiger partial charge in [-0.15, -0.1) is 0 Å². The van der Waals surface area contributed by atoms with Gasteiger partial charge in [-0.3, -0.25) is 5.43 Å². The Morgan fingerprint density at radius 3 is 2.65 bits per heavy atom. The van der Waals surface area contributed by atoms with Gasteiger partial charge in [0.25, 0.3) is 0 Å². The first-order valence-corrected chi connectivity index (χ1v) is 7.77. The molecule has 0 bridgehead atoms. The average molecular weight is 396 g/mol. The third-order valence-electron chi connectivity index (χ3n) is 2.96. The third-order valence-corrected chi connectivity index (χ3v) is 3.84. The summed E-state index contributed by atoms with van der Waals surface area (Å²) in [6, 6.07) is 9.49. The Hall–Kier alpha value is -2.19. The van der Waals surface area contributed by atoms with E-state index in [1.165, 1.54) is 12.1 Å². The zero-order valence-electron chi connectivity index (χ0n) is 11.7. The predicted octanol–water partition coefficient (Wildman–Crippen LogP) is 3.64. The standard InChI is InChI=1S/C15H11BrFN3O2S/c16-12-6-14-13(21-8-22-14)5-9(12)7-18-20-15(23)19-11-3-1-10(17)2-4-11/h1-7H,8H2,(H2,19,20,23)/b18-7-. The van der Waals surface area contributed by atoms with Crippen molar-refractivity contribution < 1.29 is 13.9 Å². The Morgan fingerprint density at radius 1 is 1.22 bits per heavy atom. The molecule has 0 saturated carbocycles. The molecule has 0 spiro atoms. The zero-order chi connectivity index (χ0) is 16.2. The first-order chi connectivity index (χ1) is 11.1. The normalized spacial score (nSPS) is 12.4. The maximum atomic E-state index is 12.8. The van der Waals surface area contributed by atoms with Gasteiger partial charge in [-0.1, -0.05) is 0 Å². The summed E-state index contributed by atoms with van der Waals surface area (Å²) >= 11 is 8.55.